The highest BCUT2D eigenvalue weighted by molar-refractivity contribution is 7.89. The Bertz CT molecular complexity index is 5440. The van der Waals surface area contributed by atoms with Gasteiger partial charge in [-0.1, -0.05) is 293 Å². The average molecular weight is 1920 g/mol. The van der Waals surface area contributed by atoms with E-state index >= 15 is 0 Å². The molecule has 0 atom stereocenters. The van der Waals surface area contributed by atoms with E-state index < -0.39 is 15.8 Å². The fourth-order valence-corrected chi connectivity index (χ4v) is 18.7. The number of hydrogen-bond donors (Lipinski definition) is 0. The van der Waals surface area contributed by atoms with Crippen molar-refractivity contribution < 1.29 is 41.4 Å². The molecule has 1 saturated carbocycles. The smallest absolute Gasteiger partial charge is 0.256 e. The van der Waals surface area contributed by atoms with Gasteiger partial charge in [0.2, 0.25) is 15.9 Å². The molecule has 1 aromatic heterocycles. The van der Waals surface area contributed by atoms with Crippen LogP contribution < -0.4 is 19.6 Å². The Balaban J connectivity index is 0.000000163. The number of hydrogen-bond acceptors (Lipinski definition) is 12. The number of carbonyl (C=O) groups excluding carboxylic acids is 3. The van der Waals surface area contributed by atoms with Crippen LogP contribution in [0.5, 0.6) is 0 Å². The van der Waals surface area contributed by atoms with E-state index in [9.17, 15) is 27.2 Å². The number of pyridine rings is 1. The standard InChI is InChI=1S/C19H25N3.C15H21NO.2C15H22O.C14H20ClNO.C14H18FNO.C14H19NO.C13H19NO2S/c1-19(2,3)16-7-9-17(10-8-16)21-12-14-22(15-13-21)18-6-4-5-11-20-18;1-15(2,3)12-7-9-13(10-8-12)16(4)14(17)11-5-6-11;1-15(2,3)14-6-4-12(5-7-14)13-8-10-16-11-9-13;1-15(2,3)14-6-4-5-13(11-14)12-7-9-16-10-8-12;1-14(2,3)11-4-5-13(12(15)10-11)16-6-8-17-9-7-16;1-14(2,3)10-5-6-12(15)11(9-10)13(17)16-7-4-8-16;1-14(2,3)12-7-4-6-11(10-12)13(16)15-8-5-9-15;1-13(2,3)11-5-7-12(8-6-11)17(15,16)14-9-4-10-14/h4-11H,12-15H2,1-3H3;7-11H,5-6H2,1-4H3;4-7,13H,8-11H2,1-3H3;4-6,11-12H,7-10H2,1-3H3;4-5,10H,6-9H2,1-3H3;5-6,9H,4,7-8H2,1-3H3;4,6-7,10H,5,8-9H2,1-3H3;5-8H,4,9-10H2,1-3H3. The summed E-state index contributed by atoms with van der Waals surface area (Å²) < 4.78 is 55.6. The minimum Gasteiger partial charge on any atom is -0.381 e. The summed E-state index contributed by atoms with van der Waals surface area (Å²) in [5, 5.41) is 0.847. The molecule has 0 unspecified atom stereocenters. The molecule has 7 aliphatic heterocycles. The van der Waals surface area contributed by atoms with Gasteiger partial charge in [0.25, 0.3) is 11.8 Å². The lowest BCUT2D eigenvalue weighted by Crippen LogP contribution is -2.46. The summed E-state index contributed by atoms with van der Waals surface area (Å²) in [5.41, 5.74) is 18.8. The van der Waals surface area contributed by atoms with Crippen LogP contribution in [-0.2, 0) is 72.3 Å². The molecule has 16 nitrogen and oxygen atoms in total. The van der Waals surface area contributed by atoms with E-state index in [1.165, 1.54) is 86.2 Å². The number of carbonyl (C=O) groups is 3. The third-order valence-corrected chi connectivity index (χ3v) is 29.5. The fourth-order valence-electron chi connectivity index (χ4n) is 16.9. The zero-order valence-electron chi connectivity index (χ0n) is 88.5. The second kappa shape index (κ2) is 48.5. The number of anilines is 4. The van der Waals surface area contributed by atoms with E-state index in [1.54, 1.807) is 34.1 Å². The van der Waals surface area contributed by atoms with Crippen molar-refractivity contribution in [3.63, 3.8) is 0 Å². The van der Waals surface area contributed by atoms with Crippen molar-refractivity contribution in [2.24, 2.45) is 5.92 Å². The van der Waals surface area contributed by atoms with E-state index in [1.807, 2.05) is 66.7 Å². The Kier molecular flexibility index (Phi) is 38.9. The molecule has 8 fully saturated rings. The molecule has 0 radical (unpaired) electrons. The first kappa shape index (κ1) is 111. The number of ether oxygens (including phenoxy) is 3. The van der Waals surface area contributed by atoms with E-state index in [2.05, 4.69) is 307 Å². The number of likely N-dealkylation sites (tertiary alicyclic amines) is 2. The van der Waals surface area contributed by atoms with Gasteiger partial charge in [0.15, 0.2) is 0 Å². The SMILES string of the molecule is CC(C)(C)c1ccc(C2CCOCC2)cc1.CC(C)(C)c1ccc(F)c(C(=O)N2CCC2)c1.CC(C)(C)c1ccc(N2CCN(c3ccccn3)CC2)cc1.CC(C)(C)c1ccc(N2CCOCC2)c(Cl)c1.CC(C)(C)c1ccc(S(=O)(=O)N2CCC2)cc1.CC(C)(C)c1cccc(C(=O)N2CCC2)c1.CC(C)(C)c1cccc(C2CCOCC2)c1.CN(C(=O)C1CC1)c1ccc(C(C)(C)C)cc1. The molecule has 8 aliphatic rings. The maximum Gasteiger partial charge on any atom is 0.256 e. The summed E-state index contributed by atoms with van der Waals surface area (Å²) in [6.45, 7) is 68.5. The Morgan fingerprint density at radius 3 is 1.22 bits per heavy atom. The van der Waals surface area contributed by atoms with Crippen molar-refractivity contribution in [3.8, 4) is 0 Å². The summed E-state index contributed by atoms with van der Waals surface area (Å²) >= 11 is 6.39. The van der Waals surface area contributed by atoms with Gasteiger partial charge in [-0.25, -0.2) is 17.8 Å². The third kappa shape index (κ3) is 32.6. The fraction of sp³-hybridized carbons (Fsp3) is 0.529. The van der Waals surface area contributed by atoms with Gasteiger partial charge in [0.05, 0.1) is 34.4 Å². The van der Waals surface area contributed by atoms with Crippen molar-refractivity contribution >= 4 is 62.2 Å². The van der Waals surface area contributed by atoms with Gasteiger partial charge in [0, 0.05) is 141 Å². The molecule has 750 valence electrons. The number of sulfonamides is 1. The third-order valence-electron chi connectivity index (χ3n) is 27.3. The molecule has 8 aromatic carbocycles. The molecule has 0 N–H and O–H groups in total. The monoisotopic (exact) mass is 1920 g/mol. The van der Waals surface area contributed by atoms with Crippen molar-refractivity contribution in [1.29, 1.82) is 0 Å². The van der Waals surface area contributed by atoms with Gasteiger partial charge in [0.1, 0.15) is 11.6 Å². The van der Waals surface area contributed by atoms with Crippen molar-refractivity contribution in [3.05, 3.63) is 284 Å². The summed E-state index contributed by atoms with van der Waals surface area (Å²) in [6, 6.07) is 68.2. The molecule has 7 saturated heterocycles. The average Bonchev–Trinajstić information content (AvgIpc) is 1.01. The maximum atomic E-state index is 13.7. The number of aromatic nitrogens is 1. The van der Waals surface area contributed by atoms with Crippen LogP contribution in [0.15, 0.2) is 211 Å². The number of rotatable bonds is 11. The van der Waals surface area contributed by atoms with Crippen LogP contribution in [-0.4, -0.2) is 170 Å². The second-order valence-electron chi connectivity index (χ2n) is 46.6. The zero-order valence-corrected chi connectivity index (χ0v) is 90.0. The van der Waals surface area contributed by atoms with Crippen molar-refractivity contribution in [2.45, 2.75) is 284 Å². The minimum absolute atomic E-state index is 0.0546. The van der Waals surface area contributed by atoms with Crippen molar-refractivity contribution in [2.75, 3.05) is 145 Å². The van der Waals surface area contributed by atoms with Crippen LogP contribution in [0, 0.1) is 11.7 Å². The molecule has 17 rings (SSSR count). The van der Waals surface area contributed by atoms with Crippen LogP contribution >= 0.6 is 11.6 Å². The second-order valence-corrected chi connectivity index (χ2v) is 48.9. The normalized spacial score (nSPS) is 16.9. The number of morpholine rings is 1. The highest BCUT2D eigenvalue weighted by Gasteiger charge is 2.35. The predicted octanol–water partition coefficient (Wildman–Crippen LogP) is 26.5. The first-order valence-corrected chi connectivity index (χ1v) is 52.6. The molecule has 9 aromatic rings. The Hall–Kier alpha value is -9.27. The van der Waals surface area contributed by atoms with Gasteiger partial charge in [-0.05, 0) is 254 Å². The topological polar surface area (TPSA) is 149 Å². The van der Waals surface area contributed by atoms with E-state index in [-0.39, 0.29) is 72.5 Å². The van der Waals surface area contributed by atoms with E-state index in [0.717, 1.165) is 176 Å². The molecular formula is C119H166ClFN8O8S. The first-order chi connectivity index (χ1) is 64.7. The first-order valence-electron chi connectivity index (χ1n) is 50.7. The highest BCUT2D eigenvalue weighted by Crippen LogP contribution is 2.39. The molecular weight excluding hydrogens is 1760 g/mol. The zero-order chi connectivity index (χ0) is 101. The van der Waals surface area contributed by atoms with Crippen LogP contribution in [0.25, 0.3) is 0 Å². The van der Waals surface area contributed by atoms with Crippen LogP contribution in [0.4, 0.5) is 27.3 Å². The number of piperazine rings is 1. The lowest BCUT2D eigenvalue weighted by atomic mass is 9.83. The van der Waals surface area contributed by atoms with Crippen LogP contribution in [0.3, 0.4) is 0 Å². The molecule has 19 heteroatoms. The number of nitrogens with zero attached hydrogens (tertiary/aromatic N) is 8. The Labute approximate surface area is 836 Å². The van der Waals surface area contributed by atoms with Crippen LogP contribution in [0.1, 0.15) is 312 Å². The molecule has 8 heterocycles. The summed E-state index contributed by atoms with van der Waals surface area (Å²) in [4.78, 5) is 53.3. The maximum absolute atomic E-state index is 13.7. The van der Waals surface area contributed by atoms with Gasteiger partial charge < -0.3 is 43.6 Å². The number of amides is 3. The van der Waals surface area contributed by atoms with E-state index in [0.29, 0.717) is 29.8 Å². The van der Waals surface area contributed by atoms with E-state index in [4.69, 9.17) is 25.8 Å². The van der Waals surface area contributed by atoms with Gasteiger partial charge in [-0.3, -0.25) is 14.4 Å². The van der Waals surface area contributed by atoms with Gasteiger partial charge >= 0.3 is 0 Å². The molecule has 3 amide bonds. The van der Waals surface area contributed by atoms with Gasteiger partial charge in [-0.15, -0.1) is 0 Å². The summed E-state index contributed by atoms with van der Waals surface area (Å²) in [7, 11) is -1.36. The highest BCUT2D eigenvalue weighted by atomic mass is 35.5. The number of halogens is 2. The van der Waals surface area contributed by atoms with Crippen molar-refractivity contribution in [1.82, 2.24) is 19.1 Å². The Morgan fingerprint density at radius 1 is 0.377 bits per heavy atom. The predicted molar refractivity (Wildman–Crippen MR) is 574 cm³/mol. The quantitative estimate of drug-likeness (QED) is 0.121. The molecule has 1 aliphatic carbocycles. The molecule has 138 heavy (non-hydrogen) atoms. The molecule has 0 bridgehead atoms. The number of benzene rings is 8. The van der Waals surface area contributed by atoms with Crippen LogP contribution in [0.2, 0.25) is 5.02 Å². The Morgan fingerprint density at radius 2 is 0.783 bits per heavy atom. The summed E-state index contributed by atoms with van der Waals surface area (Å²) in [6.07, 6.45) is 11.8. The van der Waals surface area contributed by atoms with Gasteiger partial charge in [-0.2, -0.15) is 4.31 Å². The summed E-state index contributed by atoms with van der Waals surface area (Å²) in [5.74, 6) is 2.62. The lowest BCUT2D eigenvalue weighted by Gasteiger charge is -2.37. The lowest BCUT2D eigenvalue weighted by molar-refractivity contribution is -0.119. The largest absolute Gasteiger partial charge is 0.381 e. The minimum atomic E-state index is -3.23. The molecule has 0 spiro atoms.